The van der Waals surface area contributed by atoms with Crippen LogP contribution in [0.5, 0.6) is 0 Å². The van der Waals surface area contributed by atoms with Crippen LogP contribution in [0.1, 0.15) is 45.4 Å². The monoisotopic (exact) mass is 195 g/mol. The van der Waals surface area contributed by atoms with E-state index in [1.807, 2.05) is 0 Å². The van der Waals surface area contributed by atoms with E-state index in [1.165, 1.54) is 38.5 Å². The molecule has 0 aromatic heterocycles. The van der Waals surface area contributed by atoms with Gasteiger partial charge in [-0.05, 0) is 25.2 Å². The zero-order chi connectivity index (χ0) is 9.97. The molecular formula is C11H21N3. The van der Waals surface area contributed by atoms with Gasteiger partial charge in [-0.1, -0.05) is 26.2 Å². The van der Waals surface area contributed by atoms with E-state index in [0.29, 0.717) is 18.0 Å². The Hall–Kier alpha value is -0.730. The number of nitrogens with zero attached hydrogens (tertiary/aromatic N) is 1. The number of nitrogens with two attached hydrogens (primary N) is 1. The summed E-state index contributed by atoms with van der Waals surface area (Å²) >= 11 is 0. The van der Waals surface area contributed by atoms with E-state index < -0.39 is 0 Å². The lowest BCUT2D eigenvalue weighted by Gasteiger charge is -2.23. The lowest BCUT2D eigenvalue weighted by atomic mass is 9.96. The SMILES string of the molecule is CC1CC1N=C(N)NC1CCCCC1. The van der Waals surface area contributed by atoms with Gasteiger partial charge in [0, 0.05) is 6.04 Å². The molecule has 2 atom stereocenters. The minimum Gasteiger partial charge on any atom is -0.370 e. The second kappa shape index (κ2) is 4.20. The third-order valence-electron chi connectivity index (χ3n) is 3.33. The molecule has 2 fully saturated rings. The number of guanidine groups is 1. The molecule has 2 aliphatic rings. The van der Waals surface area contributed by atoms with Crippen molar-refractivity contribution < 1.29 is 0 Å². The first-order valence-electron chi connectivity index (χ1n) is 5.85. The number of nitrogens with one attached hydrogen (secondary N) is 1. The van der Waals surface area contributed by atoms with Crippen molar-refractivity contribution in [2.75, 3.05) is 0 Å². The molecule has 3 N–H and O–H groups in total. The Morgan fingerprint density at radius 3 is 2.50 bits per heavy atom. The summed E-state index contributed by atoms with van der Waals surface area (Å²) in [6.45, 7) is 2.22. The Balaban J connectivity index is 1.75. The van der Waals surface area contributed by atoms with Crippen molar-refractivity contribution in [3.63, 3.8) is 0 Å². The molecule has 2 rings (SSSR count). The van der Waals surface area contributed by atoms with Gasteiger partial charge in [-0.25, -0.2) is 4.99 Å². The van der Waals surface area contributed by atoms with Gasteiger partial charge in [0.15, 0.2) is 5.96 Å². The van der Waals surface area contributed by atoms with E-state index in [4.69, 9.17) is 5.73 Å². The first-order chi connectivity index (χ1) is 6.75. The van der Waals surface area contributed by atoms with Gasteiger partial charge in [0.2, 0.25) is 0 Å². The standard InChI is InChI=1S/C11H21N3/c1-8-7-10(8)14-11(12)13-9-5-3-2-4-6-9/h8-10H,2-7H2,1H3,(H3,12,13,14). The average Bonchev–Trinajstić information content (AvgIpc) is 2.83. The normalized spacial score (nSPS) is 34.2. The van der Waals surface area contributed by atoms with E-state index in [1.54, 1.807) is 0 Å². The first-order valence-corrected chi connectivity index (χ1v) is 5.85. The van der Waals surface area contributed by atoms with Crippen LogP contribution in [0.25, 0.3) is 0 Å². The molecule has 2 unspecified atom stereocenters. The van der Waals surface area contributed by atoms with Crippen LogP contribution in [-0.2, 0) is 0 Å². The van der Waals surface area contributed by atoms with Gasteiger partial charge in [0.05, 0.1) is 6.04 Å². The molecule has 2 saturated carbocycles. The summed E-state index contributed by atoms with van der Waals surface area (Å²) in [6, 6.07) is 1.09. The fraction of sp³-hybridized carbons (Fsp3) is 0.909. The quantitative estimate of drug-likeness (QED) is 0.520. The van der Waals surface area contributed by atoms with Gasteiger partial charge in [0.25, 0.3) is 0 Å². The molecule has 0 saturated heterocycles. The van der Waals surface area contributed by atoms with Crippen molar-refractivity contribution in [1.29, 1.82) is 0 Å². The molecule has 0 heterocycles. The summed E-state index contributed by atoms with van der Waals surface area (Å²) < 4.78 is 0. The van der Waals surface area contributed by atoms with Crippen LogP contribution in [0.3, 0.4) is 0 Å². The second-order valence-electron chi connectivity index (χ2n) is 4.77. The van der Waals surface area contributed by atoms with E-state index in [9.17, 15) is 0 Å². The van der Waals surface area contributed by atoms with Gasteiger partial charge in [-0.15, -0.1) is 0 Å². The van der Waals surface area contributed by atoms with Crippen LogP contribution in [0, 0.1) is 5.92 Å². The third kappa shape index (κ3) is 2.63. The second-order valence-corrected chi connectivity index (χ2v) is 4.77. The van der Waals surface area contributed by atoms with Gasteiger partial charge in [-0.3, -0.25) is 0 Å². The summed E-state index contributed by atoms with van der Waals surface area (Å²) in [7, 11) is 0. The summed E-state index contributed by atoms with van der Waals surface area (Å²) in [5, 5.41) is 3.34. The minimum atomic E-state index is 0.506. The van der Waals surface area contributed by atoms with Crippen LogP contribution in [0.15, 0.2) is 4.99 Å². The maximum Gasteiger partial charge on any atom is 0.189 e. The van der Waals surface area contributed by atoms with Gasteiger partial charge < -0.3 is 11.1 Å². The molecule has 0 aliphatic heterocycles. The molecule has 14 heavy (non-hydrogen) atoms. The third-order valence-corrected chi connectivity index (χ3v) is 3.33. The minimum absolute atomic E-state index is 0.506. The molecule has 0 spiro atoms. The maximum absolute atomic E-state index is 5.85. The Kier molecular flexibility index (Phi) is 2.94. The fourth-order valence-corrected chi connectivity index (χ4v) is 2.15. The van der Waals surface area contributed by atoms with Crippen LogP contribution in [-0.4, -0.2) is 18.0 Å². The van der Waals surface area contributed by atoms with Crippen molar-refractivity contribution >= 4 is 5.96 Å². The molecule has 3 heteroatoms. The Morgan fingerprint density at radius 2 is 1.93 bits per heavy atom. The highest BCUT2D eigenvalue weighted by Crippen LogP contribution is 2.32. The Labute approximate surface area is 86.2 Å². The van der Waals surface area contributed by atoms with Gasteiger partial charge in [0.1, 0.15) is 0 Å². The molecule has 3 nitrogen and oxygen atoms in total. The lowest BCUT2D eigenvalue weighted by Crippen LogP contribution is -2.41. The number of aliphatic imine (C=N–C) groups is 1. The van der Waals surface area contributed by atoms with Crippen molar-refractivity contribution in [2.24, 2.45) is 16.6 Å². The zero-order valence-corrected chi connectivity index (χ0v) is 9.00. The first kappa shape index (κ1) is 9.81. The van der Waals surface area contributed by atoms with Crippen LogP contribution in [0.2, 0.25) is 0 Å². The summed E-state index contributed by atoms with van der Waals surface area (Å²) in [4.78, 5) is 4.45. The van der Waals surface area contributed by atoms with E-state index >= 15 is 0 Å². The fourth-order valence-electron chi connectivity index (χ4n) is 2.15. The predicted molar refractivity (Wildman–Crippen MR) is 59.2 cm³/mol. The molecule has 2 aliphatic carbocycles. The Bertz CT molecular complexity index is 219. The van der Waals surface area contributed by atoms with Crippen molar-refractivity contribution in [3.8, 4) is 0 Å². The van der Waals surface area contributed by atoms with E-state index in [2.05, 4.69) is 17.2 Å². The zero-order valence-electron chi connectivity index (χ0n) is 9.00. The van der Waals surface area contributed by atoms with Crippen molar-refractivity contribution in [1.82, 2.24) is 5.32 Å². The van der Waals surface area contributed by atoms with Crippen LogP contribution >= 0.6 is 0 Å². The molecule has 0 aromatic carbocycles. The molecule has 0 radical (unpaired) electrons. The number of hydrogen-bond donors (Lipinski definition) is 2. The highest BCUT2D eigenvalue weighted by molar-refractivity contribution is 5.78. The molecule has 80 valence electrons. The number of hydrogen-bond acceptors (Lipinski definition) is 1. The number of rotatable bonds is 2. The topological polar surface area (TPSA) is 50.4 Å². The smallest absolute Gasteiger partial charge is 0.189 e. The van der Waals surface area contributed by atoms with Crippen molar-refractivity contribution in [2.45, 2.75) is 57.5 Å². The summed E-state index contributed by atoms with van der Waals surface area (Å²) in [5.41, 5.74) is 5.85. The molecule has 0 bridgehead atoms. The summed E-state index contributed by atoms with van der Waals surface area (Å²) in [5.74, 6) is 1.42. The molecule has 0 aromatic rings. The highest BCUT2D eigenvalue weighted by atomic mass is 15.1. The lowest BCUT2D eigenvalue weighted by molar-refractivity contribution is 0.412. The van der Waals surface area contributed by atoms with Gasteiger partial charge in [-0.2, -0.15) is 0 Å². The average molecular weight is 195 g/mol. The summed E-state index contributed by atoms with van der Waals surface area (Å²) in [6.07, 6.45) is 7.80. The molecule has 0 amide bonds. The van der Waals surface area contributed by atoms with Crippen LogP contribution < -0.4 is 11.1 Å². The van der Waals surface area contributed by atoms with Crippen LogP contribution in [0.4, 0.5) is 0 Å². The molecular weight excluding hydrogens is 174 g/mol. The maximum atomic E-state index is 5.85. The van der Waals surface area contributed by atoms with E-state index in [0.717, 1.165) is 5.92 Å². The van der Waals surface area contributed by atoms with E-state index in [-0.39, 0.29) is 0 Å². The van der Waals surface area contributed by atoms with Gasteiger partial charge >= 0.3 is 0 Å². The highest BCUT2D eigenvalue weighted by Gasteiger charge is 2.32. The predicted octanol–water partition coefficient (Wildman–Crippen LogP) is 1.63. The Morgan fingerprint density at radius 1 is 1.29 bits per heavy atom. The largest absolute Gasteiger partial charge is 0.370 e. The van der Waals surface area contributed by atoms with Crippen molar-refractivity contribution in [3.05, 3.63) is 0 Å².